The lowest BCUT2D eigenvalue weighted by Gasteiger charge is -2.08. The maximum atomic E-state index is 11.2. The number of imidazole rings is 1. The summed E-state index contributed by atoms with van der Waals surface area (Å²) in [6.45, 7) is 0.797. The minimum Gasteiger partial charge on any atom is -0.358 e. The highest BCUT2D eigenvalue weighted by atomic mass is 35.5. The van der Waals surface area contributed by atoms with Crippen LogP contribution in [-0.4, -0.2) is 24.3 Å². The Morgan fingerprint density at radius 3 is 2.65 bits per heavy atom. The molecule has 0 atom stereocenters. The van der Waals surface area contributed by atoms with Crippen LogP contribution >= 0.6 is 11.6 Å². The van der Waals surface area contributed by atoms with Crippen LogP contribution in [0.2, 0.25) is 5.02 Å². The molecule has 130 valence electrons. The molecule has 26 heavy (non-hydrogen) atoms. The van der Waals surface area contributed by atoms with E-state index in [0.717, 1.165) is 16.6 Å². The molecule has 4 rings (SSSR count). The second-order valence-corrected chi connectivity index (χ2v) is 6.27. The van der Waals surface area contributed by atoms with Crippen LogP contribution in [0.4, 0.5) is 5.82 Å². The number of aromatic nitrogens is 4. The molecule has 0 bridgehead atoms. The van der Waals surface area contributed by atoms with Crippen molar-refractivity contribution in [3.05, 3.63) is 87.3 Å². The van der Waals surface area contributed by atoms with Gasteiger partial charge in [-0.15, -0.1) is 4.68 Å². The van der Waals surface area contributed by atoms with E-state index in [1.165, 1.54) is 16.9 Å². The number of hydrogen-bond donors (Lipinski definition) is 0. The standard InChI is InChI=1S/C18H14ClN5O2/c19-14-6-7-16-15(10-14)21-17(12-23-18(24(25)26)8-9-20-23)22(16)11-13-4-2-1-3-5-13/h1-10H,11-12H2. The molecule has 7 nitrogen and oxygen atoms in total. The van der Waals surface area contributed by atoms with Crippen LogP contribution in [0.25, 0.3) is 11.0 Å². The van der Waals surface area contributed by atoms with Crippen molar-refractivity contribution >= 4 is 28.5 Å². The largest absolute Gasteiger partial charge is 0.358 e. The van der Waals surface area contributed by atoms with Gasteiger partial charge in [-0.05, 0) is 28.7 Å². The summed E-state index contributed by atoms with van der Waals surface area (Å²) in [5.74, 6) is 0.610. The number of nitro groups is 1. The van der Waals surface area contributed by atoms with Crippen LogP contribution in [-0.2, 0) is 13.1 Å². The van der Waals surface area contributed by atoms with E-state index in [0.29, 0.717) is 17.4 Å². The highest BCUT2D eigenvalue weighted by molar-refractivity contribution is 6.31. The van der Waals surface area contributed by atoms with Crippen molar-refractivity contribution in [3.8, 4) is 0 Å². The van der Waals surface area contributed by atoms with E-state index in [-0.39, 0.29) is 12.4 Å². The number of fused-ring (bicyclic) bond motifs is 1. The lowest BCUT2D eigenvalue weighted by molar-refractivity contribution is -0.392. The Hall–Kier alpha value is -3.19. The summed E-state index contributed by atoms with van der Waals surface area (Å²) in [5, 5.41) is 15.8. The average molecular weight is 368 g/mol. The maximum absolute atomic E-state index is 11.2. The molecule has 0 N–H and O–H groups in total. The van der Waals surface area contributed by atoms with Crippen molar-refractivity contribution in [1.29, 1.82) is 0 Å². The lowest BCUT2D eigenvalue weighted by Crippen LogP contribution is -2.12. The molecular weight excluding hydrogens is 354 g/mol. The van der Waals surface area contributed by atoms with Crippen molar-refractivity contribution < 1.29 is 4.92 Å². The maximum Gasteiger partial charge on any atom is 0.345 e. The zero-order chi connectivity index (χ0) is 18.1. The van der Waals surface area contributed by atoms with Crippen LogP contribution in [0, 0.1) is 10.1 Å². The number of halogens is 1. The molecule has 2 heterocycles. The molecule has 0 saturated carbocycles. The molecular formula is C18H14ClN5O2. The fraction of sp³-hybridized carbons (Fsp3) is 0.111. The molecule has 4 aromatic rings. The summed E-state index contributed by atoms with van der Waals surface area (Å²) in [4.78, 5) is 15.4. The van der Waals surface area contributed by atoms with Gasteiger partial charge < -0.3 is 14.7 Å². The van der Waals surface area contributed by atoms with Crippen molar-refractivity contribution in [2.24, 2.45) is 0 Å². The predicted molar refractivity (Wildman–Crippen MR) is 98.3 cm³/mol. The van der Waals surface area contributed by atoms with Crippen LogP contribution < -0.4 is 0 Å². The zero-order valence-corrected chi connectivity index (χ0v) is 14.4. The minimum absolute atomic E-state index is 0.0682. The highest BCUT2D eigenvalue weighted by Gasteiger charge is 2.19. The second-order valence-electron chi connectivity index (χ2n) is 5.84. The van der Waals surface area contributed by atoms with Gasteiger partial charge in [0.05, 0.1) is 23.3 Å². The Balaban J connectivity index is 1.81. The van der Waals surface area contributed by atoms with E-state index >= 15 is 0 Å². The van der Waals surface area contributed by atoms with E-state index in [2.05, 4.69) is 10.1 Å². The molecule has 0 saturated heterocycles. The van der Waals surface area contributed by atoms with Gasteiger partial charge >= 0.3 is 5.82 Å². The van der Waals surface area contributed by atoms with Gasteiger partial charge in [-0.3, -0.25) is 0 Å². The van der Waals surface area contributed by atoms with E-state index in [9.17, 15) is 10.1 Å². The number of nitrogens with zero attached hydrogens (tertiary/aromatic N) is 5. The summed E-state index contributed by atoms with van der Waals surface area (Å²) in [7, 11) is 0. The van der Waals surface area contributed by atoms with Gasteiger partial charge in [0.25, 0.3) is 0 Å². The molecule has 0 spiro atoms. The van der Waals surface area contributed by atoms with E-state index in [1.54, 1.807) is 6.07 Å². The normalized spacial score (nSPS) is 11.1. The highest BCUT2D eigenvalue weighted by Crippen LogP contribution is 2.23. The van der Waals surface area contributed by atoms with Gasteiger partial charge in [0.15, 0.2) is 12.4 Å². The third kappa shape index (κ3) is 3.04. The molecule has 0 unspecified atom stereocenters. The third-order valence-corrected chi connectivity index (χ3v) is 4.38. The Kier molecular flexibility index (Phi) is 4.14. The summed E-state index contributed by atoms with van der Waals surface area (Å²) in [6, 6.07) is 16.9. The number of benzene rings is 2. The molecule has 0 radical (unpaired) electrons. The second kappa shape index (κ2) is 6.61. The van der Waals surface area contributed by atoms with Crippen molar-refractivity contribution in [1.82, 2.24) is 19.3 Å². The molecule has 0 fully saturated rings. The van der Waals surface area contributed by atoms with Gasteiger partial charge in [0.1, 0.15) is 0 Å². The summed E-state index contributed by atoms with van der Waals surface area (Å²) >= 11 is 6.09. The molecule has 2 aromatic carbocycles. The van der Waals surface area contributed by atoms with Gasteiger partial charge in [0, 0.05) is 11.6 Å². The van der Waals surface area contributed by atoms with Gasteiger partial charge in [-0.2, -0.15) is 0 Å². The first-order valence-corrected chi connectivity index (χ1v) is 8.34. The van der Waals surface area contributed by atoms with Crippen molar-refractivity contribution in [2.45, 2.75) is 13.1 Å². The SMILES string of the molecule is O=[N+]([O-])c1ccnn1Cc1nc2cc(Cl)ccc2n1Cc1ccccc1. The first kappa shape index (κ1) is 16.3. The molecule has 8 heteroatoms. The molecule has 2 aromatic heterocycles. The predicted octanol–water partition coefficient (Wildman–Crippen LogP) is 3.89. The van der Waals surface area contributed by atoms with Gasteiger partial charge in [-0.1, -0.05) is 47.0 Å². The van der Waals surface area contributed by atoms with Gasteiger partial charge in [-0.25, -0.2) is 4.98 Å². The molecule has 0 aliphatic rings. The average Bonchev–Trinajstić information content (AvgIpc) is 3.21. The molecule has 0 amide bonds. The molecule has 0 aliphatic heterocycles. The fourth-order valence-corrected chi connectivity index (χ4v) is 3.12. The number of hydrogen-bond acceptors (Lipinski definition) is 4. The van der Waals surface area contributed by atoms with E-state index in [4.69, 9.17) is 11.6 Å². The Morgan fingerprint density at radius 1 is 1.08 bits per heavy atom. The van der Waals surface area contributed by atoms with Crippen LogP contribution in [0.15, 0.2) is 60.8 Å². The third-order valence-electron chi connectivity index (χ3n) is 4.15. The first-order chi connectivity index (χ1) is 12.6. The lowest BCUT2D eigenvalue weighted by atomic mass is 10.2. The monoisotopic (exact) mass is 367 g/mol. The van der Waals surface area contributed by atoms with Crippen LogP contribution in [0.5, 0.6) is 0 Å². The van der Waals surface area contributed by atoms with Crippen molar-refractivity contribution in [3.63, 3.8) is 0 Å². The summed E-state index contributed by atoms with van der Waals surface area (Å²) < 4.78 is 3.37. The Bertz CT molecular complexity index is 1090. The van der Waals surface area contributed by atoms with Gasteiger partial charge in [0.2, 0.25) is 0 Å². The summed E-state index contributed by atoms with van der Waals surface area (Å²) in [6.07, 6.45) is 1.42. The quantitative estimate of drug-likeness (QED) is 0.396. The zero-order valence-electron chi connectivity index (χ0n) is 13.6. The van der Waals surface area contributed by atoms with E-state index in [1.807, 2.05) is 47.0 Å². The summed E-state index contributed by atoms with van der Waals surface area (Å²) in [5.41, 5.74) is 2.78. The molecule has 0 aliphatic carbocycles. The topological polar surface area (TPSA) is 78.8 Å². The first-order valence-electron chi connectivity index (χ1n) is 7.96. The number of rotatable bonds is 5. The van der Waals surface area contributed by atoms with Crippen molar-refractivity contribution in [2.75, 3.05) is 0 Å². The smallest absolute Gasteiger partial charge is 0.345 e. The van der Waals surface area contributed by atoms with E-state index < -0.39 is 4.92 Å². The van der Waals surface area contributed by atoms with Crippen LogP contribution in [0.1, 0.15) is 11.4 Å². The Labute approximate surface area is 153 Å². The Morgan fingerprint density at radius 2 is 1.88 bits per heavy atom. The minimum atomic E-state index is -0.450. The van der Waals surface area contributed by atoms with Crippen LogP contribution in [0.3, 0.4) is 0 Å². The fourth-order valence-electron chi connectivity index (χ4n) is 2.95.